The molecule has 0 saturated carbocycles. The highest BCUT2D eigenvalue weighted by molar-refractivity contribution is 5.95. The second-order valence-corrected chi connectivity index (χ2v) is 7.70. The zero-order chi connectivity index (χ0) is 20.3. The van der Waals surface area contributed by atoms with E-state index in [1.54, 1.807) is 0 Å². The second kappa shape index (κ2) is 8.12. The summed E-state index contributed by atoms with van der Waals surface area (Å²) in [7, 11) is 0. The molecule has 1 N–H and O–H groups in total. The quantitative estimate of drug-likeness (QED) is 0.571. The number of hydrogen-bond donors (Lipinski definition) is 1. The molecule has 0 aromatic heterocycles. The molecule has 1 aliphatic heterocycles. The first kappa shape index (κ1) is 19.3. The van der Waals surface area contributed by atoms with Gasteiger partial charge in [0.15, 0.2) is 0 Å². The molecular formula is C26H27NO2. The van der Waals surface area contributed by atoms with Gasteiger partial charge < -0.3 is 10.1 Å². The van der Waals surface area contributed by atoms with Gasteiger partial charge in [-0.1, -0.05) is 74.5 Å². The van der Waals surface area contributed by atoms with E-state index in [4.69, 9.17) is 4.74 Å². The standard InChI is InChI=1S/C26H27NO2/c1-3-26(4-2)18-23(22-12-8-9-13-24(22)29-26)27-25(28)21-16-14-20(15-17-21)19-10-6-5-7-11-19/h5-17,23H,3-4,18H2,1-2H3,(H,27,28). The van der Waals surface area contributed by atoms with Gasteiger partial charge in [0.05, 0.1) is 6.04 Å². The number of amides is 1. The second-order valence-electron chi connectivity index (χ2n) is 7.70. The zero-order valence-electron chi connectivity index (χ0n) is 17.0. The van der Waals surface area contributed by atoms with Crippen LogP contribution < -0.4 is 10.1 Å². The van der Waals surface area contributed by atoms with Crippen LogP contribution in [0.15, 0.2) is 78.9 Å². The van der Waals surface area contributed by atoms with E-state index in [1.165, 1.54) is 0 Å². The molecular weight excluding hydrogens is 358 g/mol. The number of carbonyl (C=O) groups is 1. The van der Waals surface area contributed by atoms with Gasteiger partial charge in [0.2, 0.25) is 0 Å². The molecule has 0 fully saturated rings. The summed E-state index contributed by atoms with van der Waals surface area (Å²) in [5.41, 5.74) is 3.75. The van der Waals surface area contributed by atoms with Crippen molar-refractivity contribution >= 4 is 5.91 Å². The largest absolute Gasteiger partial charge is 0.487 e. The molecule has 1 atom stereocenters. The lowest BCUT2D eigenvalue weighted by atomic mass is 9.83. The van der Waals surface area contributed by atoms with Crippen LogP contribution in [0.4, 0.5) is 0 Å². The zero-order valence-corrected chi connectivity index (χ0v) is 17.0. The molecule has 3 nitrogen and oxygen atoms in total. The van der Waals surface area contributed by atoms with E-state index in [9.17, 15) is 4.79 Å². The Morgan fingerprint density at radius 3 is 2.21 bits per heavy atom. The maximum Gasteiger partial charge on any atom is 0.251 e. The van der Waals surface area contributed by atoms with E-state index in [1.807, 2.05) is 66.7 Å². The molecule has 148 valence electrons. The van der Waals surface area contributed by atoms with Gasteiger partial charge >= 0.3 is 0 Å². The number of benzene rings is 3. The number of para-hydroxylation sites is 1. The Hall–Kier alpha value is -3.07. The highest BCUT2D eigenvalue weighted by Gasteiger charge is 2.38. The molecule has 1 amide bonds. The lowest BCUT2D eigenvalue weighted by Gasteiger charge is -2.41. The molecule has 0 saturated heterocycles. The number of nitrogens with one attached hydrogen (secondary N) is 1. The summed E-state index contributed by atoms with van der Waals surface area (Å²) in [6, 6.07) is 26.0. The van der Waals surface area contributed by atoms with Crippen molar-refractivity contribution in [2.45, 2.75) is 44.8 Å². The van der Waals surface area contributed by atoms with Crippen molar-refractivity contribution in [1.82, 2.24) is 5.32 Å². The first-order valence-corrected chi connectivity index (χ1v) is 10.4. The first-order chi connectivity index (χ1) is 14.1. The van der Waals surface area contributed by atoms with Crippen molar-refractivity contribution in [1.29, 1.82) is 0 Å². The summed E-state index contributed by atoms with van der Waals surface area (Å²) >= 11 is 0. The fourth-order valence-corrected chi connectivity index (χ4v) is 4.12. The minimum Gasteiger partial charge on any atom is -0.487 e. The number of hydrogen-bond acceptors (Lipinski definition) is 2. The van der Waals surface area contributed by atoms with Crippen molar-refractivity contribution < 1.29 is 9.53 Å². The van der Waals surface area contributed by atoms with Crippen LogP contribution in [0.2, 0.25) is 0 Å². The Morgan fingerprint density at radius 2 is 1.52 bits per heavy atom. The van der Waals surface area contributed by atoms with Crippen molar-refractivity contribution in [3.8, 4) is 16.9 Å². The van der Waals surface area contributed by atoms with Crippen molar-refractivity contribution in [2.75, 3.05) is 0 Å². The summed E-state index contributed by atoms with van der Waals surface area (Å²) in [4.78, 5) is 13.0. The van der Waals surface area contributed by atoms with Gasteiger partial charge in [-0.05, 0) is 42.2 Å². The van der Waals surface area contributed by atoms with Gasteiger partial charge in [-0.25, -0.2) is 0 Å². The minimum atomic E-state index is -0.233. The highest BCUT2D eigenvalue weighted by Crippen LogP contribution is 2.42. The van der Waals surface area contributed by atoms with Crippen LogP contribution in [0.3, 0.4) is 0 Å². The lowest BCUT2D eigenvalue weighted by molar-refractivity contribution is 0.0227. The smallest absolute Gasteiger partial charge is 0.251 e. The van der Waals surface area contributed by atoms with Gasteiger partial charge in [0, 0.05) is 17.5 Å². The van der Waals surface area contributed by atoms with Crippen molar-refractivity contribution in [2.24, 2.45) is 0 Å². The van der Waals surface area contributed by atoms with Crippen LogP contribution in [-0.2, 0) is 0 Å². The molecule has 4 rings (SSSR count). The summed E-state index contributed by atoms with van der Waals surface area (Å²) in [5, 5.41) is 3.26. The van der Waals surface area contributed by atoms with E-state index in [-0.39, 0.29) is 17.6 Å². The third kappa shape index (κ3) is 3.91. The fraction of sp³-hybridized carbons (Fsp3) is 0.269. The maximum atomic E-state index is 13.0. The summed E-state index contributed by atoms with van der Waals surface area (Å²) in [5.74, 6) is 0.833. The maximum absolute atomic E-state index is 13.0. The lowest BCUT2D eigenvalue weighted by Crippen LogP contribution is -2.44. The molecule has 1 heterocycles. The molecule has 1 aliphatic rings. The van der Waals surface area contributed by atoms with E-state index >= 15 is 0 Å². The molecule has 0 aliphatic carbocycles. The predicted molar refractivity (Wildman–Crippen MR) is 117 cm³/mol. The topological polar surface area (TPSA) is 38.3 Å². The van der Waals surface area contributed by atoms with Gasteiger partial charge in [-0.2, -0.15) is 0 Å². The first-order valence-electron chi connectivity index (χ1n) is 10.4. The average Bonchev–Trinajstić information content (AvgIpc) is 2.79. The molecule has 3 heteroatoms. The molecule has 0 radical (unpaired) electrons. The van der Waals surface area contributed by atoms with E-state index < -0.39 is 0 Å². The van der Waals surface area contributed by atoms with Crippen LogP contribution in [0.5, 0.6) is 5.75 Å². The Kier molecular flexibility index (Phi) is 5.39. The van der Waals surface area contributed by atoms with Gasteiger partial charge in [0.1, 0.15) is 11.4 Å². The summed E-state index contributed by atoms with van der Waals surface area (Å²) in [6.45, 7) is 4.30. The van der Waals surface area contributed by atoms with Crippen LogP contribution in [0.1, 0.15) is 55.1 Å². The summed E-state index contributed by atoms with van der Waals surface area (Å²) < 4.78 is 6.35. The molecule has 0 bridgehead atoms. The van der Waals surface area contributed by atoms with Crippen molar-refractivity contribution in [3.63, 3.8) is 0 Å². The van der Waals surface area contributed by atoms with Crippen LogP contribution in [0.25, 0.3) is 11.1 Å². The highest BCUT2D eigenvalue weighted by atomic mass is 16.5. The Balaban J connectivity index is 1.56. The van der Waals surface area contributed by atoms with E-state index in [0.29, 0.717) is 5.56 Å². The minimum absolute atomic E-state index is 0.0487. The molecule has 3 aromatic rings. The van der Waals surface area contributed by atoms with Crippen molar-refractivity contribution in [3.05, 3.63) is 90.0 Å². The molecule has 0 spiro atoms. The summed E-state index contributed by atoms with van der Waals surface area (Å²) in [6.07, 6.45) is 2.61. The van der Waals surface area contributed by atoms with E-state index in [2.05, 4.69) is 31.3 Å². The third-order valence-electron chi connectivity index (χ3n) is 6.05. The predicted octanol–water partition coefficient (Wildman–Crippen LogP) is 6.17. The number of carbonyl (C=O) groups excluding carboxylic acids is 1. The number of ether oxygens (including phenoxy) is 1. The van der Waals surface area contributed by atoms with Crippen LogP contribution in [-0.4, -0.2) is 11.5 Å². The molecule has 29 heavy (non-hydrogen) atoms. The van der Waals surface area contributed by atoms with Crippen LogP contribution in [0, 0.1) is 0 Å². The Labute approximate surface area is 172 Å². The molecule has 3 aromatic carbocycles. The SMILES string of the molecule is CCC1(CC)CC(NC(=O)c2ccc(-c3ccccc3)cc2)c2ccccc2O1. The van der Waals surface area contributed by atoms with E-state index in [0.717, 1.165) is 41.7 Å². The van der Waals surface area contributed by atoms with Gasteiger partial charge in [-0.3, -0.25) is 4.79 Å². The Morgan fingerprint density at radius 1 is 0.897 bits per heavy atom. The molecule has 1 unspecified atom stereocenters. The number of rotatable bonds is 5. The number of fused-ring (bicyclic) bond motifs is 1. The fourth-order valence-electron chi connectivity index (χ4n) is 4.12. The van der Waals surface area contributed by atoms with Gasteiger partial charge in [0.25, 0.3) is 5.91 Å². The average molecular weight is 386 g/mol. The van der Waals surface area contributed by atoms with Gasteiger partial charge in [-0.15, -0.1) is 0 Å². The van der Waals surface area contributed by atoms with Crippen LogP contribution >= 0.6 is 0 Å². The normalized spacial score (nSPS) is 17.1. The monoisotopic (exact) mass is 385 g/mol. The Bertz CT molecular complexity index is 975. The third-order valence-corrected chi connectivity index (χ3v) is 6.05.